The van der Waals surface area contributed by atoms with E-state index in [0.29, 0.717) is 29.5 Å². The summed E-state index contributed by atoms with van der Waals surface area (Å²) in [5, 5.41) is 7.92. The fraction of sp³-hybridized carbons (Fsp3) is 0.333. The Morgan fingerprint density at radius 1 is 1.06 bits per heavy atom. The molecule has 5 rings (SSSR count). The molecule has 2 unspecified atom stereocenters. The highest BCUT2D eigenvalue weighted by molar-refractivity contribution is 14.1. The van der Waals surface area contributed by atoms with E-state index in [-0.39, 0.29) is 11.5 Å². The number of nitrogens with zero attached hydrogens (tertiary/aromatic N) is 1. The second-order valence-corrected chi connectivity index (χ2v) is 11.3. The molecule has 2 aliphatic carbocycles. The van der Waals surface area contributed by atoms with Gasteiger partial charge in [-0.2, -0.15) is 0 Å². The van der Waals surface area contributed by atoms with Gasteiger partial charge in [0.2, 0.25) is 5.91 Å². The minimum Gasteiger partial charge on any atom is -0.422 e. The lowest BCUT2D eigenvalue weighted by molar-refractivity contribution is -0.130. The van der Waals surface area contributed by atoms with E-state index >= 15 is 0 Å². The minimum atomic E-state index is -0.876. The number of carbonyl (C=O) groups is 2. The molecule has 0 radical (unpaired) electrons. The normalized spacial score (nSPS) is 25.7. The summed E-state index contributed by atoms with van der Waals surface area (Å²) in [5.41, 5.74) is -0.722. The van der Waals surface area contributed by atoms with Gasteiger partial charge in [0.25, 0.3) is 0 Å². The van der Waals surface area contributed by atoms with E-state index < -0.39 is 27.8 Å². The maximum Gasteiger partial charge on any atom is 0.373 e. The van der Waals surface area contributed by atoms with Gasteiger partial charge in [-0.05, 0) is 77.2 Å². The van der Waals surface area contributed by atoms with Crippen molar-refractivity contribution >= 4 is 56.8 Å². The molecular weight excluding hydrogens is 559 g/mol. The summed E-state index contributed by atoms with van der Waals surface area (Å²) in [4.78, 5) is 43.9. The largest absolute Gasteiger partial charge is 0.422 e. The number of oxime groups is 1. The lowest BCUT2D eigenvalue weighted by Gasteiger charge is -2.39. The van der Waals surface area contributed by atoms with Gasteiger partial charge in [0.1, 0.15) is 11.1 Å². The molecule has 35 heavy (non-hydrogen) atoms. The monoisotopic (exact) mass is 584 g/mol. The van der Waals surface area contributed by atoms with Crippen molar-refractivity contribution in [2.75, 3.05) is 5.32 Å². The summed E-state index contributed by atoms with van der Waals surface area (Å²) >= 11 is 2.22. The fourth-order valence-electron chi connectivity index (χ4n) is 5.66. The topological polar surface area (TPSA) is 98.0 Å². The number of hydrogen-bond donors (Lipinski definition) is 1. The van der Waals surface area contributed by atoms with Gasteiger partial charge in [0.05, 0.1) is 11.1 Å². The first-order valence-electron chi connectivity index (χ1n) is 11.5. The standard InChI is InChI=1S/C27H25IN2O5/c1-25(2)26(3)12-13-27(25,24(33)29-18-10-8-17(28)9-11-18)15-21(26)30-35-23(32)19-14-16-6-4-5-7-20(16)34-22(19)31/h4-11,14H,12-13,15H2,1-3H3,(H,29,33)/b30-21+. The molecule has 3 aromatic rings. The van der Waals surface area contributed by atoms with Crippen LogP contribution in [-0.4, -0.2) is 17.6 Å². The summed E-state index contributed by atoms with van der Waals surface area (Å²) in [7, 11) is 0. The van der Waals surface area contributed by atoms with E-state index in [2.05, 4.69) is 53.8 Å². The Morgan fingerprint density at radius 3 is 2.51 bits per heavy atom. The first-order valence-corrected chi connectivity index (χ1v) is 12.5. The average Bonchev–Trinajstić information content (AvgIpc) is 3.14. The predicted octanol–water partition coefficient (Wildman–Crippen LogP) is 5.77. The zero-order chi connectivity index (χ0) is 25.0. The van der Waals surface area contributed by atoms with Crippen LogP contribution >= 0.6 is 22.6 Å². The number of nitrogens with one attached hydrogen (secondary N) is 1. The number of hydrogen-bond acceptors (Lipinski definition) is 6. The molecule has 2 atom stereocenters. The Hall–Kier alpha value is -3.01. The van der Waals surface area contributed by atoms with Crippen LogP contribution in [0.3, 0.4) is 0 Å². The number of rotatable bonds is 4. The average molecular weight is 584 g/mol. The van der Waals surface area contributed by atoms with Gasteiger partial charge in [-0.1, -0.05) is 44.1 Å². The van der Waals surface area contributed by atoms with Crippen LogP contribution in [0.4, 0.5) is 5.69 Å². The zero-order valence-electron chi connectivity index (χ0n) is 19.7. The first-order chi connectivity index (χ1) is 16.6. The Bertz CT molecular complexity index is 1440. The van der Waals surface area contributed by atoms with Crippen LogP contribution < -0.4 is 10.9 Å². The van der Waals surface area contributed by atoms with Crippen molar-refractivity contribution < 1.29 is 18.8 Å². The van der Waals surface area contributed by atoms with Gasteiger partial charge >= 0.3 is 11.6 Å². The molecule has 180 valence electrons. The van der Waals surface area contributed by atoms with Gasteiger partial charge in [-0.3, -0.25) is 4.79 Å². The molecule has 0 spiro atoms. The van der Waals surface area contributed by atoms with Crippen molar-refractivity contribution in [2.45, 2.75) is 40.0 Å². The van der Waals surface area contributed by atoms with Crippen molar-refractivity contribution in [3.63, 3.8) is 0 Å². The number of amides is 1. The summed E-state index contributed by atoms with van der Waals surface area (Å²) in [6.45, 7) is 6.22. The molecule has 8 heteroatoms. The molecule has 2 bridgehead atoms. The molecule has 1 aromatic heterocycles. The quantitative estimate of drug-likeness (QED) is 0.182. The van der Waals surface area contributed by atoms with Crippen LogP contribution in [0, 0.1) is 19.8 Å². The van der Waals surface area contributed by atoms with Crippen molar-refractivity contribution in [3.8, 4) is 0 Å². The number of carbonyl (C=O) groups excluding carboxylic acids is 2. The lowest BCUT2D eigenvalue weighted by atomic mass is 9.64. The van der Waals surface area contributed by atoms with E-state index in [1.165, 1.54) is 6.07 Å². The summed E-state index contributed by atoms with van der Waals surface area (Å²) < 4.78 is 6.33. The Labute approximate surface area is 216 Å². The zero-order valence-corrected chi connectivity index (χ0v) is 21.8. The van der Waals surface area contributed by atoms with Crippen LogP contribution in [0.15, 0.2) is 69.0 Å². The second-order valence-electron chi connectivity index (χ2n) is 10.1. The number of halogens is 1. The molecule has 1 N–H and O–H groups in total. The SMILES string of the molecule is CC12CCC(C(=O)Nc3ccc(I)cc3)(C/C1=N\OC(=O)c1cc3ccccc3oc1=O)C2(C)C. The van der Waals surface area contributed by atoms with Crippen molar-refractivity contribution in [1.82, 2.24) is 0 Å². The molecule has 2 aliphatic rings. The number of fused-ring (bicyclic) bond motifs is 3. The van der Waals surface area contributed by atoms with Crippen LogP contribution in [0.1, 0.15) is 50.4 Å². The van der Waals surface area contributed by atoms with Crippen molar-refractivity contribution in [1.29, 1.82) is 0 Å². The summed E-state index contributed by atoms with van der Waals surface area (Å²) in [6.07, 6.45) is 1.84. The van der Waals surface area contributed by atoms with Crippen LogP contribution in [0.2, 0.25) is 0 Å². The third-order valence-corrected chi connectivity index (χ3v) is 9.09. The maximum absolute atomic E-state index is 13.6. The minimum absolute atomic E-state index is 0.0564. The van der Waals surface area contributed by atoms with Gasteiger partial charge in [-0.25, -0.2) is 9.59 Å². The van der Waals surface area contributed by atoms with Crippen LogP contribution in [0.5, 0.6) is 0 Å². The van der Waals surface area contributed by atoms with E-state index in [0.717, 1.165) is 15.7 Å². The maximum atomic E-state index is 13.6. The van der Waals surface area contributed by atoms with E-state index in [9.17, 15) is 14.4 Å². The smallest absolute Gasteiger partial charge is 0.373 e. The van der Waals surface area contributed by atoms with E-state index in [1.807, 2.05) is 24.3 Å². The van der Waals surface area contributed by atoms with Crippen LogP contribution in [0.25, 0.3) is 11.0 Å². The third kappa shape index (κ3) is 3.61. The molecule has 2 fully saturated rings. The van der Waals surface area contributed by atoms with E-state index in [1.54, 1.807) is 24.3 Å². The van der Waals surface area contributed by atoms with Gasteiger partial charge in [0.15, 0.2) is 0 Å². The lowest BCUT2D eigenvalue weighted by Crippen LogP contribution is -2.43. The number of anilines is 1. The van der Waals surface area contributed by atoms with Crippen LogP contribution in [-0.2, 0) is 9.63 Å². The second kappa shape index (κ2) is 8.29. The number of benzene rings is 2. The molecule has 2 aromatic carbocycles. The highest BCUT2D eigenvalue weighted by atomic mass is 127. The fourth-order valence-corrected chi connectivity index (χ4v) is 6.02. The number of para-hydroxylation sites is 1. The van der Waals surface area contributed by atoms with Gasteiger partial charge < -0.3 is 14.6 Å². The van der Waals surface area contributed by atoms with Gasteiger partial charge in [-0.15, -0.1) is 0 Å². The summed E-state index contributed by atoms with van der Waals surface area (Å²) in [6, 6.07) is 16.1. The van der Waals surface area contributed by atoms with Gasteiger partial charge in [0, 0.05) is 26.5 Å². The Morgan fingerprint density at radius 2 is 1.77 bits per heavy atom. The molecule has 7 nitrogen and oxygen atoms in total. The molecule has 1 heterocycles. The van der Waals surface area contributed by atoms with Crippen molar-refractivity contribution in [2.24, 2.45) is 21.4 Å². The first kappa shape index (κ1) is 23.7. The van der Waals surface area contributed by atoms with E-state index in [4.69, 9.17) is 9.25 Å². The predicted molar refractivity (Wildman–Crippen MR) is 141 cm³/mol. The Balaban J connectivity index is 1.41. The molecule has 0 aliphatic heterocycles. The molecule has 0 saturated heterocycles. The van der Waals surface area contributed by atoms with Crippen molar-refractivity contribution in [3.05, 3.63) is 74.2 Å². The third-order valence-electron chi connectivity index (χ3n) is 8.37. The summed E-state index contributed by atoms with van der Waals surface area (Å²) in [5.74, 6) is -0.933. The molecular formula is C27H25IN2O5. The highest BCUT2D eigenvalue weighted by Gasteiger charge is 2.71. The molecule has 2 saturated carbocycles. The Kier molecular flexibility index (Phi) is 5.62. The molecule has 1 amide bonds. The highest BCUT2D eigenvalue weighted by Crippen LogP contribution is 2.71.